The molecule has 1 fully saturated rings. The Morgan fingerprint density at radius 3 is 2.63 bits per heavy atom. The Labute approximate surface area is 162 Å². The topological polar surface area (TPSA) is 60.8 Å². The minimum atomic E-state index is 0.245. The van der Waals surface area contributed by atoms with Crippen LogP contribution in [0.1, 0.15) is 44.7 Å². The van der Waals surface area contributed by atoms with E-state index in [0.717, 1.165) is 44.0 Å². The van der Waals surface area contributed by atoms with Crippen molar-refractivity contribution in [2.45, 2.75) is 51.5 Å². The van der Waals surface area contributed by atoms with Crippen LogP contribution in [0.3, 0.4) is 0 Å². The number of aromatic nitrogens is 1. The number of guanidine groups is 1. The molecule has 3 rings (SSSR count). The number of phenols is 1. The summed E-state index contributed by atoms with van der Waals surface area (Å²) in [6.07, 6.45) is 8.79. The first-order valence-corrected chi connectivity index (χ1v) is 10.0. The second kappa shape index (κ2) is 9.95. The monoisotopic (exact) mass is 366 g/mol. The van der Waals surface area contributed by atoms with Crippen LogP contribution in [0, 0.1) is 0 Å². The van der Waals surface area contributed by atoms with Crippen molar-refractivity contribution in [1.82, 2.24) is 9.88 Å². The second-order valence-corrected chi connectivity index (χ2v) is 7.04. The minimum Gasteiger partial charge on any atom is -0.506 e. The first-order chi connectivity index (χ1) is 13.3. The summed E-state index contributed by atoms with van der Waals surface area (Å²) in [7, 11) is 0. The van der Waals surface area contributed by atoms with Crippen molar-refractivity contribution < 1.29 is 5.11 Å². The summed E-state index contributed by atoms with van der Waals surface area (Å²) in [5, 5.41) is 13.6. The normalized spacial score (nSPS) is 15.5. The fourth-order valence-electron chi connectivity index (χ4n) is 3.49. The molecule has 0 atom stereocenters. The molecule has 1 aromatic heterocycles. The molecule has 27 heavy (non-hydrogen) atoms. The number of anilines is 1. The van der Waals surface area contributed by atoms with E-state index in [4.69, 9.17) is 4.99 Å². The van der Waals surface area contributed by atoms with Gasteiger partial charge in [-0.3, -0.25) is 4.98 Å². The van der Waals surface area contributed by atoms with Crippen LogP contribution in [-0.4, -0.2) is 40.1 Å². The lowest BCUT2D eigenvalue weighted by Crippen LogP contribution is -2.39. The second-order valence-electron chi connectivity index (χ2n) is 7.04. The lowest BCUT2D eigenvalue weighted by Gasteiger charge is -2.28. The summed E-state index contributed by atoms with van der Waals surface area (Å²) < 4.78 is 0. The molecule has 0 unspecified atom stereocenters. The molecule has 0 radical (unpaired) electrons. The van der Waals surface area contributed by atoms with Crippen LogP contribution < -0.4 is 5.32 Å². The van der Waals surface area contributed by atoms with Crippen molar-refractivity contribution in [3.05, 3.63) is 54.4 Å². The van der Waals surface area contributed by atoms with Gasteiger partial charge in [0.15, 0.2) is 5.96 Å². The molecule has 0 aliphatic heterocycles. The van der Waals surface area contributed by atoms with Crippen LogP contribution in [0.2, 0.25) is 0 Å². The zero-order valence-electron chi connectivity index (χ0n) is 16.1. The van der Waals surface area contributed by atoms with Crippen molar-refractivity contribution in [2.24, 2.45) is 4.99 Å². The largest absolute Gasteiger partial charge is 0.506 e. The number of phenolic OH excluding ortho intramolecular Hbond substituents is 1. The number of benzene rings is 1. The quantitative estimate of drug-likeness (QED) is 0.450. The summed E-state index contributed by atoms with van der Waals surface area (Å²) in [5.41, 5.74) is 1.78. The highest BCUT2D eigenvalue weighted by Crippen LogP contribution is 2.24. The van der Waals surface area contributed by atoms with Crippen LogP contribution in [0.25, 0.3) is 0 Å². The van der Waals surface area contributed by atoms with Crippen LogP contribution >= 0.6 is 0 Å². The van der Waals surface area contributed by atoms with E-state index in [9.17, 15) is 5.11 Å². The first kappa shape index (κ1) is 19.2. The van der Waals surface area contributed by atoms with Gasteiger partial charge in [0.25, 0.3) is 0 Å². The Morgan fingerprint density at radius 2 is 1.93 bits per heavy atom. The molecule has 0 spiro atoms. The van der Waals surface area contributed by atoms with Gasteiger partial charge < -0.3 is 15.3 Å². The highest BCUT2D eigenvalue weighted by atomic mass is 16.3. The minimum absolute atomic E-state index is 0.245. The third-order valence-electron chi connectivity index (χ3n) is 5.08. The van der Waals surface area contributed by atoms with E-state index in [1.54, 1.807) is 6.07 Å². The maximum atomic E-state index is 10.2. The average Bonchev–Trinajstić information content (AvgIpc) is 2.71. The maximum Gasteiger partial charge on any atom is 0.198 e. The SMILES string of the molecule is CCN(CCc1ccccn1)C(=NC1CCCCC1)Nc1ccccc1O. The van der Waals surface area contributed by atoms with Gasteiger partial charge in [0.1, 0.15) is 5.75 Å². The predicted molar refractivity (Wildman–Crippen MR) is 111 cm³/mol. The Hall–Kier alpha value is -2.56. The zero-order chi connectivity index (χ0) is 18.9. The molecular formula is C22H30N4O. The molecule has 144 valence electrons. The number of rotatable bonds is 6. The Morgan fingerprint density at radius 1 is 1.15 bits per heavy atom. The molecule has 0 bridgehead atoms. The highest BCUT2D eigenvalue weighted by Gasteiger charge is 2.17. The van der Waals surface area contributed by atoms with Crippen LogP contribution in [-0.2, 0) is 6.42 Å². The number of para-hydroxylation sites is 2. The number of likely N-dealkylation sites (N-methyl/N-ethyl adjacent to an activating group) is 1. The van der Waals surface area contributed by atoms with Crippen molar-refractivity contribution in [3.63, 3.8) is 0 Å². The third-order valence-corrected chi connectivity index (χ3v) is 5.08. The number of hydrogen-bond donors (Lipinski definition) is 2. The van der Waals surface area contributed by atoms with E-state index < -0.39 is 0 Å². The third kappa shape index (κ3) is 5.71. The van der Waals surface area contributed by atoms with E-state index in [1.807, 2.05) is 36.5 Å². The Bertz CT molecular complexity index is 726. The summed E-state index contributed by atoms with van der Waals surface area (Å²) in [5.74, 6) is 1.09. The lowest BCUT2D eigenvalue weighted by molar-refractivity contribution is 0.413. The molecule has 1 saturated carbocycles. The summed E-state index contributed by atoms with van der Waals surface area (Å²) >= 11 is 0. The van der Waals surface area contributed by atoms with E-state index in [1.165, 1.54) is 19.3 Å². The molecule has 5 nitrogen and oxygen atoms in total. The van der Waals surface area contributed by atoms with Gasteiger partial charge in [-0.05, 0) is 44.0 Å². The Kier molecular flexibility index (Phi) is 7.08. The summed E-state index contributed by atoms with van der Waals surface area (Å²) in [6, 6.07) is 13.7. The summed E-state index contributed by atoms with van der Waals surface area (Å²) in [4.78, 5) is 11.7. The Balaban J connectivity index is 1.77. The summed E-state index contributed by atoms with van der Waals surface area (Å²) in [6.45, 7) is 3.82. The fraction of sp³-hybridized carbons (Fsp3) is 0.455. The van der Waals surface area contributed by atoms with Crippen molar-refractivity contribution >= 4 is 11.6 Å². The number of aromatic hydroxyl groups is 1. The molecule has 1 aliphatic rings. The maximum absolute atomic E-state index is 10.2. The van der Waals surface area contributed by atoms with Crippen molar-refractivity contribution in [1.29, 1.82) is 0 Å². The standard InChI is InChI=1S/C22H30N4O/c1-2-26(17-15-18-10-8-9-16-23-18)22(24-19-11-4-3-5-12-19)25-20-13-6-7-14-21(20)27/h6-10,13-14,16,19,27H,2-5,11-12,15,17H2,1H3,(H,24,25). The molecule has 1 aliphatic carbocycles. The van der Waals surface area contributed by atoms with Crippen LogP contribution in [0.4, 0.5) is 5.69 Å². The fourth-order valence-corrected chi connectivity index (χ4v) is 3.49. The van der Waals surface area contributed by atoms with Crippen LogP contribution in [0.15, 0.2) is 53.7 Å². The van der Waals surface area contributed by atoms with Crippen molar-refractivity contribution in [3.8, 4) is 5.75 Å². The molecule has 0 amide bonds. The average molecular weight is 367 g/mol. The molecule has 1 heterocycles. The highest BCUT2D eigenvalue weighted by molar-refractivity contribution is 5.95. The van der Waals surface area contributed by atoms with E-state index in [2.05, 4.69) is 28.2 Å². The van der Waals surface area contributed by atoms with Gasteiger partial charge in [0, 0.05) is 31.4 Å². The number of nitrogens with zero attached hydrogens (tertiary/aromatic N) is 3. The van der Waals surface area contributed by atoms with Gasteiger partial charge in [-0.15, -0.1) is 0 Å². The van der Waals surface area contributed by atoms with Gasteiger partial charge in [-0.2, -0.15) is 0 Å². The first-order valence-electron chi connectivity index (χ1n) is 10.0. The molecule has 5 heteroatoms. The number of aliphatic imine (C=N–C) groups is 1. The van der Waals surface area contributed by atoms with Gasteiger partial charge in [0.05, 0.1) is 11.7 Å². The lowest BCUT2D eigenvalue weighted by atomic mass is 9.96. The van der Waals surface area contributed by atoms with Crippen molar-refractivity contribution in [2.75, 3.05) is 18.4 Å². The molecule has 0 saturated heterocycles. The molecule has 1 aromatic carbocycles. The number of hydrogen-bond acceptors (Lipinski definition) is 3. The smallest absolute Gasteiger partial charge is 0.198 e. The number of nitrogens with one attached hydrogen (secondary N) is 1. The predicted octanol–water partition coefficient (Wildman–Crippen LogP) is 4.45. The van der Waals surface area contributed by atoms with Crippen LogP contribution in [0.5, 0.6) is 5.75 Å². The van der Waals surface area contributed by atoms with Gasteiger partial charge >= 0.3 is 0 Å². The molecule has 2 aromatic rings. The zero-order valence-corrected chi connectivity index (χ0v) is 16.1. The van der Waals surface area contributed by atoms with E-state index in [-0.39, 0.29) is 5.75 Å². The number of pyridine rings is 1. The van der Waals surface area contributed by atoms with E-state index >= 15 is 0 Å². The van der Waals surface area contributed by atoms with Gasteiger partial charge in [-0.1, -0.05) is 37.5 Å². The molecule has 2 N–H and O–H groups in total. The van der Waals surface area contributed by atoms with Gasteiger partial charge in [-0.25, -0.2) is 4.99 Å². The van der Waals surface area contributed by atoms with E-state index in [0.29, 0.717) is 11.7 Å². The van der Waals surface area contributed by atoms with Gasteiger partial charge in [0.2, 0.25) is 0 Å². The molecular weight excluding hydrogens is 336 g/mol.